The summed E-state index contributed by atoms with van der Waals surface area (Å²) in [4.78, 5) is 0. The molecule has 0 fully saturated rings. The number of benzene rings is 11. The Bertz CT molecular complexity index is 4070. The molecule has 0 bridgehead atoms. The molecule has 2 nitrogen and oxygen atoms in total. The molecule has 2 aromatic heterocycles. The number of aromatic nitrogens is 2. The zero-order chi connectivity index (χ0) is 45.5. The summed E-state index contributed by atoms with van der Waals surface area (Å²) in [5, 5.41) is 4.94. The smallest absolute Gasteiger partial charge is 0.0714 e. The fourth-order valence-electron chi connectivity index (χ4n) is 11.8. The van der Waals surface area contributed by atoms with Crippen LogP contribution in [-0.2, 0) is 5.41 Å². The van der Waals surface area contributed by atoms with E-state index in [-0.39, 0.29) is 0 Å². The van der Waals surface area contributed by atoms with E-state index in [0.29, 0.717) is 0 Å². The van der Waals surface area contributed by atoms with E-state index in [1.54, 1.807) is 0 Å². The van der Waals surface area contributed by atoms with Gasteiger partial charge < -0.3 is 9.13 Å². The van der Waals surface area contributed by atoms with Gasteiger partial charge in [-0.1, -0.05) is 212 Å². The minimum absolute atomic E-state index is 0.515. The molecule has 0 amide bonds. The van der Waals surface area contributed by atoms with E-state index in [1.807, 2.05) is 0 Å². The number of para-hydroxylation sites is 1. The molecule has 69 heavy (non-hydrogen) atoms. The van der Waals surface area contributed by atoms with Gasteiger partial charge in [-0.15, -0.1) is 0 Å². The number of rotatable bonds is 7. The van der Waals surface area contributed by atoms with Crippen LogP contribution in [0.3, 0.4) is 0 Å². The molecule has 0 aliphatic heterocycles. The van der Waals surface area contributed by atoms with Gasteiger partial charge in [-0.2, -0.15) is 0 Å². The van der Waals surface area contributed by atoms with Crippen molar-refractivity contribution < 1.29 is 0 Å². The van der Waals surface area contributed by atoms with Crippen LogP contribution in [-0.4, -0.2) is 9.13 Å². The van der Waals surface area contributed by atoms with Crippen molar-refractivity contribution in [1.82, 2.24) is 9.13 Å². The minimum atomic E-state index is -0.515. The highest BCUT2D eigenvalue weighted by Crippen LogP contribution is 2.59. The van der Waals surface area contributed by atoms with Crippen LogP contribution in [0.5, 0.6) is 0 Å². The van der Waals surface area contributed by atoms with Crippen molar-refractivity contribution in [1.29, 1.82) is 0 Å². The average Bonchev–Trinajstić information content (AvgIpc) is 4.06. The van der Waals surface area contributed by atoms with Crippen molar-refractivity contribution in [2.24, 2.45) is 0 Å². The number of fused-ring (bicyclic) bond motifs is 10. The van der Waals surface area contributed by atoms with E-state index in [2.05, 4.69) is 276 Å². The van der Waals surface area contributed by atoms with Gasteiger partial charge in [0.25, 0.3) is 0 Å². The molecule has 322 valence electrons. The van der Waals surface area contributed by atoms with Gasteiger partial charge >= 0.3 is 0 Å². The van der Waals surface area contributed by atoms with Crippen molar-refractivity contribution in [3.63, 3.8) is 0 Å². The first kappa shape index (κ1) is 39.2. The van der Waals surface area contributed by atoms with Crippen molar-refractivity contribution in [2.75, 3.05) is 0 Å². The largest absolute Gasteiger partial charge is 0.309 e. The topological polar surface area (TPSA) is 9.86 Å². The summed E-state index contributed by atoms with van der Waals surface area (Å²) < 4.78 is 4.97. The van der Waals surface area contributed by atoms with Gasteiger partial charge in [0.1, 0.15) is 0 Å². The maximum absolute atomic E-state index is 2.54. The molecule has 13 aromatic rings. The predicted octanol–water partition coefficient (Wildman–Crippen LogP) is 17.2. The van der Waals surface area contributed by atoms with Crippen molar-refractivity contribution >= 4 is 43.6 Å². The summed E-state index contributed by atoms with van der Waals surface area (Å²) in [6.07, 6.45) is 0. The molecule has 0 atom stereocenters. The van der Waals surface area contributed by atoms with Gasteiger partial charge in [-0.3, -0.25) is 0 Å². The predicted molar refractivity (Wildman–Crippen MR) is 289 cm³/mol. The molecule has 0 saturated heterocycles. The van der Waals surface area contributed by atoms with E-state index >= 15 is 0 Å². The first-order valence-corrected chi connectivity index (χ1v) is 23.9. The maximum Gasteiger partial charge on any atom is 0.0714 e. The lowest BCUT2D eigenvalue weighted by molar-refractivity contribution is 0.769. The Balaban J connectivity index is 1.02. The molecule has 0 radical (unpaired) electrons. The normalized spacial score (nSPS) is 12.8. The van der Waals surface area contributed by atoms with Crippen LogP contribution in [0.4, 0.5) is 0 Å². The van der Waals surface area contributed by atoms with Crippen LogP contribution in [0.1, 0.15) is 22.3 Å². The third-order valence-corrected chi connectivity index (χ3v) is 14.8. The molecule has 0 saturated carbocycles. The van der Waals surface area contributed by atoms with Gasteiger partial charge in [-0.25, -0.2) is 0 Å². The van der Waals surface area contributed by atoms with E-state index in [0.717, 1.165) is 11.4 Å². The first-order chi connectivity index (χ1) is 34.2. The zero-order valence-corrected chi connectivity index (χ0v) is 37.8. The summed E-state index contributed by atoms with van der Waals surface area (Å²) in [6, 6.07) is 98.6. The summed E-state index contributed by atoms with van der Waals surface area (Å²) in [5.41, 5.74) is 21.4. The lowest BCUT2D eigenvalue weighted by atomic mass is 9.67. The van der Waals surface area contributed by atoms with Crippen LogP contribution >= 0.6 is 0 Å². The number of hydrogen-bond donors (Lipinski definition) is 0. The summed E-state index contributed by atoms with van der Waals surface area (Å²) >= 11 is 0. The standard InChI is InChI=1S/C67H44N2/c1-5-19-45(20-6-1)47-23-17-29-53(41-47)68-62-34-16-14-31-55(62)58-43-49(35-39-63(58)68)50-36-40-64-59(44-50)56-37-38-61-65(66(56)69(64)54-30-18-24-48(42-54)46-21-7-2-8-22-46)57-32-13-15-33-60(57)67(61,51-25-9-3-10-26-51)52-27-11-4-12-28-52/h1-44H. The Labute approximate surface area is 401 Å². The molecule has 1 aliphatic rings. The van der Waals surface area contributed by atoms with Gasteiger partial charge in [0, 0.05) is 38.5 Å². The van der Waals surface area contributed by atoms with E-state index in [4.69, 9.17) is 0 Å². The fourth-order valence-corrected chi connectivity index (χ4v) is 11.8. The Morgan fingerprint density at radius 2 is 0.725 bits per heavy atom. The Morgan fingerprint density at radius 1 is 0.261 bits per heavy atom. The summed E-state index contributed by atoms with van der Waals surface area (Å²) in [7, 11) is 0. The molecule has 14 rings (SSSR count). The van der Waals surface area contributed by atoms with E-state index in [9.17, 15) is 0 Å². The Morgan fingerprint density at radius 3 is 1.35 bits per heavy atom. The highest BCUT2D eigenvalue weighted by molar-refractivity contribution is 6.17. The summed E-state index contributed by atoms with van der Waals surface area (Å²) in [6.45, 7) is 0. The third kappa shape index (κ3) is 5.92. The highest BCUT2D eigenvalue weighted by atomic mass is 15.0. The molecule has 2 heterocycles. The van der Waals surface area contributed by atoms with Crippen LogP contribution in [0, 0.1) is 0 Å². The fraction of sp³-hybridized carbons (Fsp3) is 0.0149. The monoisotopic (exact) mass is 876 g/mol. The van der Waals surface area contributed by atoms with Crippen LogP contribution in [0.2, 0.25) is 0 Å². The van der Waals surface area contributed by atoms with Gasteiger partial charge in [0.2, 0.25) is 0 Å². The SMILES string of the molecule is c1ccc(-c2cccc(-n3c4ccccc4c4cc(-c5ccc6c(c5)c5ccc7c(c5n6-c5cccc(-c6ccccc6)c5)-c5ccccc5C7(c5ccccc5)c5ccccc5)ccc43)c2)cc1. The average molecular weight is 877 g/mol. The summed E-state index contributed by atoms with van der Waals surface area (Å²) in [5.74, 6) is 0. The Kier molecular flexibility index (Phi) is 8.84. The maximum atomic E-state index is 2.54. The first-order valence-electron chi connectivity index (χ1n) is 23.9. The van der Waals surface area contributed by atoms with Gasteiger partial charge in [-0.05, 0) is 116 Å². The van der Waals surface area contributed by atoms with E-state index in [1.165, 1.54) is 110 Å². The quantitative estimate of drug-likeness (QED) is 0.151. The van der Waals surface area contributed by atoms with Crippen LogP contribution < -0.4 is 0 Å². The number of hydrogen-bond acceptors (Lipinski definition) is 0. The third-order valence-electron chi connectivity index (χ3n) is 14.8. The highest BCUT2D eigenvalue weighted by Gasteiger charge is 2.47. The van der Waals surface area contributed by atoms with Gasteiger partial charge in [0.05, 0.1) is 27.5 Å². The molecule has 11 aromatic carbocycles. The van der Waals surface area contributed by atoms with E-state index < -0.39 is 5.41 Å². The molecular weight excluding hydrogens is 833 g/mol. The molecule has 0 N–H and O–H groups in total. The second kappa shape index (κ2) is 15.6. The molecule has 0 unspecified atom stereocenters. The van der Waals surface area contributed by atoms with Gasteiger partial charge in [0.15, 0.2) is 0 Å². The molecule has 1 aliphatic carbocycles. The van der Waals surface area contributed by atoms with Crippen LogP contribution in [0.15, 0.2) is 267 Å². The van der Waals surface area contributed by atoms with Crippen molar-refractivity contribution in [3.05, 3.63) is 289 Å². The second-order valence-electron chi connectivity index (χ2n) is 18.4. The lowest BCUT2D eigenvalue weighted by Crippen LogP contribution is -2.28. The lowest BCUT2D eigenvalue weighted by Gasteiger charge is -2.33. The Hall–Kier alpha value is -8.98. The number of nitrogens with zero attached hydrogens (tertiary/aromatic N) is 2. The second-order valence-corrected chi connectivity index (χ2v) is 18.4. The molecule has 0 spiro atoms. The van der Waals surface area contributed by atoms with Crippen LogP contribution in [0.25, 0.3) is 99.5 Å². The van der Waals surface area contributed by atoms with Crippen molar-refractivity contribution in [3.8, 4) is 55.9 Å². The minimum Gasteiger partial charge on any atom is -0.309 e. The zero-order valence-electron chi connectivity index (χ0n) is 37.8. The van der Waals surface area contributed by atoms with Crippen molar-refractivity contribution in [2.45, 2.75) is 5.41 Å². The molecule has 2 heteroatoms. The molecular formula is C67H44N2.